The first-order valence-corrected chi connectivity index (χ1v) is 7.32. The summed E-state index contributed by atoms with van der Waals surface area (Å²) in [5.74, 6) is -0.0560. The van der Waals surface area contributed by atoms with Crippen molar-refractivity contribution in [3.05, 3.63) is 29.8 Å². The minimum absolute atomic E-state index is 0. The number of ether oxygens (including phenoxy) is 1. The van der Waals surface area contributed by atoms with Gasteiger partial charge in [0.2, 0.25) is 0 Å². The van der Waals surface area contributed by atoms with Crippen LogP contribution < -0.4 is 10.1 Å². The normalized spacial score (nSPS) is 11.8. The van der Waals surface area contributed by atoms with Crippen molar-refractivity contribution in [1.29, 1.82) is 0 Å². The minimum atomic E-state index is -0.765. The maximum Gasteiger partial charge on any atom is 0.303 e. The number of benzene rings is 1. The summed E-state index contributed by atoms with van der Waals surface area (Å²) < 4.78 is 5.51. The molecule has 1 atom stereocenters. The van der Waals surface area contributed by atoms with Gasteiger partial charge in [0.05, 0.1) is 0 Å². The molecule has 126 valence electrons. The fraction of sp³-hybridized carbons (Fsp3) is 0.562. The molecule has 1 unspecified atom stereocenters. The van der Waals surface area contributed by atoms with E-state index in [2.05, 4.69) is 5.32 Å². The first kappa shape index (κ1) is 20.7. The first-order valence-electron chi connectivity index (χ1n) is 7.32. The van der Waals surface area contributed by atoms with Crippen LogP contribution in [0.25, 0.3) is 0 Å². The summed E-state index contributed by atoms with van der Waals surface area (Å²) in [6, 6.07) is 7.88. The molecule has 1 aromatic carbocycles. The number of rotatable bonds is 10. The van der Waals surface area contributed by atoms with Crippen molar-refractivity contribution in [1.82, 2.24) is 5.32 Å². The standard InChI is InChI=1S/C16H25NO4.ClH/c1-12(2)17-10-14(18)11-21-15-8-6-13(7-9-15)4-3-5-16(19)20;/h6-9,12,14,17-18H,3-5,10-11H2,1-2H3,(H,19,20);1H. The number of aliphatic carboxylic acids is 1. The molecule has 0 aliphatic heterocycles. The van der Waals surface area contributed by atoms with Crippen molar-refractivity contribution in [3.63, 3.8) is 0 Å². The molecule has 0 spiro atoms. The minimum Gasteiger partial charge on any atom is -0.491 e. The zero-order chi connectivity index (χ0) is 15.7. The van der Waals surface area contributed by atoms with Gasteiger partial charge in [-0.1, -0.05) is 26.0 Å². The van der Waals surface area contributed by atoms with E-state index < -0.39 is 12.1 Å². The largest absolute Gasteiger partial charge is 0.491 e. The van der Waals surface area contributed by atoms with Crippen molar-refractivity contribution in [3.8, 4) is 5.75 Å². The van der Waals surface area contributed by atoms with Crippen LogP contribution in [0.1, 0.15) is 32.3 Å². The van der Waals surface area contributed by atoms with Crippen LogP contribution in [-0.4, -0.2) is 41.5 Å². The van der Waals surface area contributed by atoms with E-state index in [4.69, 9.17) is 9.84 Å². The summed E-state index contributed by atoms with van der Waals surface area (Å²) in [6.07, 6.45) is 1.03. The van der Waals surface area contributed by atoms with E-state index in [-0.39, 0.29) is 25.4 Å². The molecule has 0 heterocycles. The Morgan fingerprint density at radius 3 is 2.45 bits per heavy atom. The van der Waals surface area contributed by atoms with Gasteiger partial charge in [-0.25, -0.2) is 0 Å². The van der Waals surface area contributed by atoms with Gasteiger partial charge in [0.15, 0.2) is 0 Å². The number of aliphatic hydroxyl groups excluding tert-OH is 1. The topological polar surface area (TPSA) is 78.8 Å². The van der Waals surface area contributed by atoms with Crippen LogP contribution in [0.2, 0.25) is 0 Å². The number of carboxylic acids is 1. The zero-order valence-electron chi connectivity index (χ0n) is 13.1. The molecule has 6 heteroatoms. The zero-order valence-corrected chi connectivity index (χ0v) is 13.9. The van der Waals surface area contributed by atoms with Crippen LogP contribution in [0.5, 0.6) is 5.75 Å². The molecule has 0 bridgehead atoms. The van der Waals surface area contributed by atoms with E-state index in [1.807, 2.05) is 38.1 Å². The Hall–Kier alpha value is -1.30. The SMILES string of the molecule is CC(C)NCC(O)COc1ccc(CCCC(=O)O)cc1.Cl. The smallest absolute Gasteiger partial charge is 0.303 e. The highest BCUT2D eigenvalue weighted by molar-refractivity contribution is 5.85. The quantitative estimate of drug-likeness (QED) is 0.613. The average molecular weight is 332 g/mol. The van der Waals surface area contributed by atoms with Crippen molar-refractivity contribution >= 4 is 18.4 Å². The third-order valence-electron chi connectivity index (χ3n) is 2.98. The molecule has 1 aromatic rings. The van der Waals surface area contributed by atoms with Gasteiger partial charge in [-0.05, 0) is 30.5 Å². The number of nitrogens with one attached hydrogen (secondary N) is 1. The van der Waals surface area contributed by atoms with Gasteiger partial charge in [0, 0.05) is 19.0 Å². The number of aryl methyl sites for hydroxylation is 1. The fourth-order valence-corrected chi connectivity index (χ4v) is 1.82. The van der Waals surface area contributed by atoms with E-state index in [0.717, 1.165) is 12.0 Å². The molecule has 0 aliphatic rings. The molecule has 0 saturated carbocycles. The molecule has 3 N–H and O–H groups in total. The number of hydrogen-bond acceptors (Lipinski definition) is 4. The van der Waals surface area contributed by atoms with Crippen LogP contribution in [0.3, 0.4) is 0 Å². The molecule has 1 rings (SSSR count). The Morgan fingerprint density at radius 1 is 1.27 bits per heavy atom. The Balaban J connectivity index is 0.00000441. The number of halogens is 1. The van der Waals surface area contributed by atoms with Crippen LogP contribution in [0.15, 0.2) is 24.3 Å². The molecular weight excluding hydrogens is 306 g/mol. The summed E-state index contributed by atoms with van der Waals surface area (Å²) in [6.45, 7) is 4.80. The van der Waals surface area contributed by atoms with Crippen molar-refractivity contribution in [2.24, 2.45) is 0 Å². The van der Waals surface area contributed by atoms with Crippen LogP contribution in [0, 0.1) is 0 Å². The predicted molar refractivity (Wildman–Crippen MR) is 88.9 cm³/mol. The van der Waals surface area contributed by atoms with Crippen LogP contribution >= 0.6 is 12.4 Å². The molecule has 0 radical (unpaired) electrons. The van der Waals surface area contributed by atoms with Gasteiger partial charge in [0.25, 0.3) is 0 Å². The van der Waals surface area contributed by atoms with E-state index in [0.29, 0.717) is 24.8 Å². The molecule has 0 fully saturated rings. The highest BCUT2D eigenvalue weighted by Gasteiger charge is 2.06. The molecule has 0 amide bonds. The Morgan fingerprint density at radius 2 is 1.91 bits per heavy atom. The van der Waals surface area contributed by atoms with Crippen LogP contribution in [-0.2, 0) is 11.2 Å². The van der Waals surface area contributed by atoms with Crippen molar-refractivity contribution in [2.45, 2.75) is 45.3 Å². The lowest BCUT2D eigenvalue weighted by Crippen LogP contribution is -2.35. The number of carbonyl (C=O) groups is 1. The summed E-state index contributed by atoms with van der Waals surface area (Å²) in [4.78, 5) is 10.4. The average Bonchev–Trinajstić information content (AvgIpc) is 2.44. The molecule has 0 saturated heterocycles. The van der Waals surface area contributed by atoms with Gasteiger partial charge in [0.1, 0.15) is 18.5 Å². The molecule has 0 aromatic heterocycles. The first-order chi connectivity index (χ1) is 9.97. The molecule has 0 aliphatic carbocycles. The summed E-state index contributed by atoms with van der Waals surface area (Å²) in [5, 5.41) is 21.5. The molecule has 22 heavy (non-hydrogen) atoms. The molecular formula is C16H26ClNO4. The second-order valence-corrected chi connectivity index (χ2v) is 5.42. The fourth-order valence-electron chi connectivity index (χ4n) is 1.82. The van der Waals surface area contributed by atoms with E-state index in [1.165, 1.54) is 0 Å². The lowest BCUT2D eigenvalue weighted by molar-refractivity contribution is -0.137. The van der Waals surface area contributed by atoms with Gasteiger partial charge < -0.3 is 20.3 Å². The number of aliphatic hydroxyl groups is 1. The third kappa shape index (κ3) is 9.60. The lowest BCUT2D eigenvalue weighted by Gasteiger charge is -2.15. The Bertz CT molecular complexity index is 423. The van der Waals surface area contributed by atoms with E-state index >= 15 is 0 Å². The highest BCUT2D eigenvalue weighted by Crippen LogP contribution is 2.14. The molecule has 5 nitrogen and oxygen atoms in total. The van der Waals surface area contributed by atoms with E-state index in [9.17, 15) is 9.90 Å². The Labute approximate surface area is 138 Å². The second kappa shape index (κ2) is 11.3. The van der Waals surface area contributed by atoms with Crippen LogP contribution in [0.4, 0.5) is 0 Å². The summed E-state index contributed by atoms with van der Waals surface area (Å²) in [5.41, 5.74) is 1.09. The highest BCUT2D eigenvalue weighted by atomic mass is 35.5. The van der Waals surface area contributed by atoms with Crippen molar-refractivity contribution < 1.29 is 19.7 Å². The second-order valence-electron chi connectivity index (χ2n) is 5.42. The predicted octanol–water partition coefficient (Wildman–Crippen LogP) is 2.25. The maximum atomic E-state index is 10.4. The Kier molecular flexibility index (Phi) is 10.6. The summed E-state index contributed by atoms with van der Waals surface area (Å²) >= 11 is 0. The van der Waals surface area contributed by atoms with Gasteiger partial charge in [-0.2, -0.15) is 0 Å². The summed E-state index contributed by atoms with van der Waals surface area (Å²) in [7, 11) is 0. The number of hydrogen-bond donors (Lipinski definition) is 3. The van der Waals surface area contributed by atoms with E-state index in [1.54, 1.807) is 0 Å². The van der Waals surface area contributed by atoms with Gasteiger partial charge in [-0.15, -0.1) is 12.4 Å². The lowest BCUT2D eigenvalue weighted by atomic mass is 10.1. The van der Waals surface area contributed by atoms with Crippen molar-refractivity contribution in [2.75, 3.05) is 13.2 Å². The van der Waals surface area contributed by atoms with Gasteiger partial charge >= 0.3 is 5.97 Å². The van der Waals surface area contributed by atoms with Gasteiger partial charge in [-0.3, -0.25) is 4.79 Å². The number of carboxylic acid groups (broad SMARTS) is 1. The third-order valence-corrected chi connectivity index (χ3v) is 2.98. The monoisotopic (exact) mass is 331 g/mol. The maximum absolute atomic E-state index is 10.4.